The number of hydrogen-bond acceptors (Lipinski definition) is 6. The Labute approximate surface area is 230 Å². The van der Waals surface area contributed by atoms with Gasteiger partial charge in [0.15, 0.2) is 0 Å². The first kappa shape index (κ1) is 26.7. The van der Waals surface area contributed by atoms with Gasteiger partial charge in [0.1, 0.15) is 17.1 Å². The molecule has 2 atom stereocenters. The van der Waals surface area contributed by atoms with Gasteiger partial charge in [0, 0.05) is 31.6 Å². The molecule has 7 nitrogen and oxygen atoms in total. The van der Waals surface area contributed by atoms with Crippen molar-refractivity contribution in [1.82, 2.24) is 10.2 Å². The fourth-order valence-electron chi connectivity index (χ4n) is 5.67. The average Bonchev–Trinajstić information content (AvgIpc) is 2.97. The molecule has 0 saturated carbocycles. The van der Waals surface area contributed by atoms with Crippen LogP contribution >= 0.6 is 0 Å². The van der Waals surface area contributed by atoms with Crippen molar-refractivity contribution >= 4 is 5.91 Å². The Morgan fingerprint density at radius 2 is 1.87 bits per heavy atom. The largest absolute Gasteiger partial charge is 0.497 e. The predicted octanol–water partition coefficient (Wildman–Crippen LogP) is 4.15. The fourth-order valence-corrected chi connectivity index (χ4v) is 5.67. The molecule has 3 aromatic carbocycles. The zero-order chi connectivity index (χ0) is 27.2. The van der Waals surface area contributed by atoms with Crippen molar-refractivity contribution in [2.45, 2.75) is 49.8 Å². The summed E-state index contributed by atoms with van der Waals surface area (Å²) in [5, 5.41) is 12.3. The van der Waals surface area contributed by atoms with Crippen LogP contribution in [-0.2, 0) is 17.6 Å². The SMILES string of the molecule is COc1ccc2c(c1)C(NC(=O)[C@H](N)Cc1ccccc1)CC1(CCN(CCc3ccc(C#N)cc3)CC1)O2. The van der Waals surface area contributed by atoms with Crippen LogP contribution in [0.5, 0.6) is 11.5 Å². The number of nitrogens with two attached hydrogens (primary N) is 1. The lowest BCUT2D eigenvalue weighted by atomic mass is 9.80. The quantitative estimate of drug-likeness (QED) is 0.459. The van der Waals surface area contributed by atoms with Crippen LogP contribution in [0, 0.1) is 11.3 Å². The number of nitrogens with zero attached hydrogens (tertiary/aromatic N) is 2. The van der Waals surface area contributed by atoms with Crippen LogP contribution in [-0.4, -0.2) is 49.2 Å². The van der Waals surface area contributed by atoms with E-state index in [-0.39, 0.29) is 17.6 Å². The molecule has 3 N–H and O–H groups in total. The van der Waals surface area contributed by atoms with Gasteiger partial charge >= 0.3 is 0 Å². The minimum atomic E-state index is -0.635. The van der Waals surface area contributed by atoms with Crippen LogP contribution < -0.4 is 20.5 Å². The van der Waals surface area contributed by atoms with E-state index in [0.717, 1.165) is 61.5 Å². The monoisotopic (exact) mass is 524 g/mol. The molecular formula is C32H36N4O3. The van der Waals surface area contributed by atoms with Gasteiger partial charge in [-0.2, -0.15) is 5.26 Å². The number of piperidine rings is 1. The van der Waals surface area contributed by atoms with Gasteiger partial charge in [0.05, 0.1) is 30.8 Å². The second kappa shape index (κ2) is 11.9. The van der Waals surface area contributed by atoms with Gasteiger partial charge in [-0.1, -0.05) is 42.5 Å². The fraction of sp³-hybridized carbons (Fsp3) is 0.375. The standard InChI is InChI=1S/C32H36N4O3/c1-38-26-11-12-30-27(20-26)29(35-31(37)28(34)19-24-5-3-2-4-6-24)21-32(39-30)14-17-36(18-15-32)16-13-23-7-9-25(22-33)10-8-23/h2-12,20,28-29H,13-19,21,34H2,1H3,(H,35,37)/t28-,29?/m1/s1. The number of methoxy groups -OCH3 is 1. The molecule has 2 aliphatic heterocycles. The topological polar surface area (TPSA) is 101 Å². The molecule has 5 rings (SSSR count). The van der Waals surface area contributed by atoms with Gasteiger partial charge in [-0.05, 0) is 67.1 Å². The first-order valence-electron chi connectivity index (χ1n) is 13.7. The second-order valence-corrected chi connectivity index (χ2v) is 10.7. The zero-order valence-corrected chi connectivity index (χ0v) is 22.4. The highest BCUT2D eigenvalue weighted by atomic mass is 16.5. The smallest absolute Gasteiger partial charge is 0.237 e. The molecule has 0 aromatic heterocycles. The number of carbonyl (C=O) groups excluding carboxylic acids is 1. The molecule has 0 radical (unpaired) electrons. The average molecular weight is 525 g/mol. The van der Waals surface area contributed by atoms with Gasteiger partial charge in [-0.25, -0.2) is 0 Å². The lowest BCUT2D eigenvalue weighted by molar-refractivity contribution is -0.124. The van der Waals surface area contributed by atoms with Crippen LogP contribution in [0.4, 0.5) is 0 Å². The second-order valence-electron chi connectivity index (χ2n) is 10.7. The van der Waals surface area contributed by atoms with Gasteiger partial charge in [0.2, 0.25) is 5.91 Å². The third-order valence-corrected chi connectivity index (χ3v) is 8.01. The van der Waals surface area contributed by atoms with Crippen LogP contribution in [0.25, 0.3) is 0 Å². The molecule has 1 spiro atoms. The van der Waals surface area contributed by atoms with Gasteiger partial charge in [-0.15, -0.1) is 0 Å². The highest BCUT2D eigenvalue weighted by Crippen LogP contribution is 2.45. The van der Waals surface area contributed by atoms with Gasteiger partial charge < -0.3 is 25.4 Å². The number of benzene rings is 3. The molecule has 39 heavy (non-hydrogen) atoms. The number of carbonyl (C=O) groups is 1. The lowest BCUT2D eigenvalue weighted by Crippen LogP contribution is -2.53. The first-order chi connectivity index (χ1) is 19.0. The molecule has 202 valence electrons. The Kier molecular flexibility index (Phi) is 8.16. The summed E-state index contributed by atoms with van der Waals surface area (Å²) in [7, 11) is 1.64. The van der Waals surface area contributed by atoms with E-state index in [1.54, 1.807) is 7.11 Å². The van der Waals surface area contributed by atoms with Crippen LogP contribution in [0.2, 0.25) is 0 Å². The number of amides is 1. The Balaban J connectivity index is 1.25. The Hall–Kier alpha value is -3.86. The van der Waals surface area contributed by atoms with Crippen molar-refractivity contribution in [3.63, 3.8) is 0 Å². The molecule has 7 heteroatoms. The summed E-state index contributed by atoms with van der Waals surface area (Å²) in [4.78, 5) is 15.7. The van der Waals surface area contributed by atoms with E-state index in [1.165, 1.54) is 5.56 Å². The Morgan fingerprint density at radius 3 is 2.56 bits per heavy atom. The van der Waals surface area contributed by atoms with E-state index in [4.69, 9.17) is 20.5 Å². The number of fused-ring (bicyclic) bond motifs is 1. The number of nitriles is 1. The van der Waals surface area contributed by atoms with E-state index in [0.29, 0.717) is 18.4 Å². The Bertz CT molecular complexity index is 1310. The summed E-state index contributed by atoms with van der Waals surface area (Å²) in [6, 6.07) is 24.8. The molecule has 1 unspecified atom stereocenters. The van der Waals surface area contributed by atoms with Gasteiger partial charge in [-0.3, -0.25) is 4.79 Å². The third-order valence-electron chi connectivity index (χ3n) is 8.01. The highest BCUT2D eigenvalue weighted by Gasteiger charge is 2.44. The predicted molar refractivity (Wildman–Crippen MR) is 151 cm³/mol. The number of rotatable bonds is 8. The molecule has 0 aliphatic carbocycles. The van der Waals surface area contributed by atoms with Crippen molar-refractivity contribution in [3.8, 4) is 17.6 Å². The number of likely N-dealkylation sites (tertiary alicyclic amines) is 1. The van der Waals surface area contributed by atoms with Crippen molar-refractivity contribution in [3.05, 3.63) is 95.1 Å². The minimum absolute atomic E-state index is 0.158. The van der Waals surface area contributed by atoms with Crippen molar-refractivity contribution in [2.24, 2.45) is 5.73 Å². The van der Waals surface area contributed by atoms with Crippen molar-refractivity contribution in [1.29, 1.82) is 5.26 Å². The van der Waals surface area contributed by atoms with E-state index in [2.05, 4.69) is 16.3 Å². The van der Waals surface area contributed by atoms with Crippen LogP contribution in [0.1, 0.15) is 47.6 Å². The molecule has 3 aromatic rings. The summed E-state index contributed by atoms with van der Waals surface area (Å²) in [5.41, 5.74) is 9.90. The van der Waals surface area contributed by atoms with E-state index in [1.807, 2.05) is 72.8 Å². The number of nitrogens with one attached hydrogen (secondary N) is 1. The van der Waals surface area contributed by atoms with Crippen molar-refractivity contribution in [2.75, 3.05) is 26.7 Å². The van der Waals surface area contributed by atoms with E-state index >= 15 is 0 Å². The third kappa shape index (κ3) is 6.42. The number of ether oxygens (including phenoxy) is 2. The number of hydrogen-bond donors (Lipinski definition) is 2. The summed E-state index contributed by atoms with van der Waals surface area (Å²) in [6.07, 6.45) is 3.89. The van der Waals surface area contributed by atoms with Crippen LogP contribution in [0.3, 0.4) is 0 Å². The summed E-state index contributed by atoms with van der Waals surface area (Å²) < 4.78 is 12.1. The normalized spacial score (nSPS) is 18.8. The van der Waals surface area contributed by atoms with Crippen molar-refractivity contribution < 1.29 is 14.3 Å². The molecule has 0 bridgehead atoms. The first-order valence-corrected chi connectivity index (χ1v) is 13.7. The lowest BCUT2D eigenvalue weighted by Gasteiger charge is -2.47. The maximum absolute atomic E-state index is 13.2. The maximum atomic E-state index is 13.2. The molecule has 2 heterocycles. The van der Waals surface area contributed by atoms with E-state index in [9.17, 15) is 4.79 Å². The van der Waals surface area contributed by atoms with Gasteiger partial charge in [0.25, 0.3) is 0 Å². The van der Waals surface area contributed by atoms with E-state index < -0.39 is 6.04 Å². The zero-order valence-electron chi connectivity index (χ0n) is 22.4. The molecule has 1 amide bonds. The van der Waals surface area contributed by atoms with Crippen LogP contribution in [0.15, 0.2) is 72.8 Å². The molecular weight excluding hydrogens is 488 g/mol. The highest BCUT2D eigenvalue weighted by molar-refractivity contribution is 5.82. The molecule has 1 fully saturated rings. The maximum Gasteiger partial charge on any atom is 0.237 e. The summed E-state index contributed by atoms with van der Waals surface area (Å²) in [5.74, 6) is 1.38. The summed E-state index contributed by atoms with van der Waals surface area (Å²) >= 11 is 0. The molecule has 1 saturated heterocycles. The minimum Gasteiger partial charge on any atom is -0.497 e. The molecule has 2 aliphatic rings. The Morgan fingerprint density at radius 1 is 1.13 bits per heavy atom. The summed E-state index contributed by atoms with van der Waals surface area (Å²) in [6.45, 7) is 2.82.